The molecule has 2 aliphatic rings. The van der Waals surface area contributed by atoms with Gasteiger partial charge in [0.1, 0.15) is 10.6 Å². The maximum absolute atomic E-state index is 13.0. The van der Waals surface area contributed by atoms with Crippen LogP contribution in [-0.4, -0.2) is 36.9 Å². The molecule has 1 atom stereocenters. The van der Waals surface area contributed by atoms with Crippen molar-refractivity contribution in [1.29, 1.82) is 0 Å². The summed E-state index contributed by atoms with van der Waals surface area (Å²) in [6.07, 6.45) is 4.62. The summed E-state index contributed by atoms with van der Waals surface area (Å²) in [4.78, 5) is 12.9. The van der Waals surface area contributed by atoms with Crippen LogP contribution in [0.15, 0.2) is 27.6 Å². The molecule has 1 fully saturated rings. The van der Waals surface area contributed by atoms with E-state index in [-0.39, 0.29) is 29.0 Å². The number of nitrogens with zero attached hydrogens (tertiary/aromatic N) is 2. The fourth-order valence-electron chi connectivity index (χ4n) is 4.24. The van der Waals surface area contributed by atoms with Crippen molar-refractivity contribution in [2.24, 2.45) is 5.92 Å². The van der Waals surface area contributed by atoms with Crippen LogP contribution in [0.2, 0.25) is 0 Å². The van der Waals surface area contributed by atoms with Gasteiger partial charge in [-0.3, -0.25) is 4.79 Å². The summed E-state index contributed by atoms with van der Waals surface area (Å²) in [5.41, 5.74) is 3.79. The molecule has 1 aromatic heterocycles. The number of rotatable bonds is 4. The zero-order chi connectivity index (χ0) is 19.9. The van der Waals surface area contributed by atoms with Crippen LogP contribution in [0.1, 0.15) is 41.8 Å². The summed E-state index contributed by atoms with van der Waals surface area (Å²) >= 11 is 0. The highest BCUT2D eigenvalue weighted by Crippen LogP contribution is 2.29. The van der Waals surface area contributed by atoms with E-state index in [9.17, 15) is 13.2 Å². The van der Waals surface area contributed by atoms with E-state index in [1.165, 1.54) is 15.4 Å². The van der Waals surface area contributed by atoms with Crippen molar-refractivity contribution >= 4 is 21.6 Å². The molecule has 1 aromatic carbocycles. The molecule has 1 aliphatic heterocycles. The summed E-state index contributed by atoms with van der Waals surface area (Å²) in [6.45, 7) is 3.78. The second-order valence-electron chi connectivity index (χ2n) is 7.68. The third kappa shape index (κ3) is 3.46. The normalized spacial score (nSPS) is 20.1. The van der Waals surface area contributed by atoms with E-state index in [0.717, 1.165) is 24.9 Å². The molecular weight excluding hydrogens is 378 g/mol. The summed E-state index contributed by atoms with van der Waals surface area (Å²) in [7, 11) is -3.73. The van der Waals surface area contributed by atoms with Crippen LogP contribution in [-0.2, 0) is 27.7 Å². The lowest BCUT2D eigenvalue weighted by Crippen LogP contribution is -2.43. The van der Waals surface area contributed by atoms with Gasteiger partial charge in [0.2, 0.25) is 15.9 Å². The molecule has 28 heavy (non-hydrogen) atoms. The SMILES string of the molecule is Cc1noc(C)c1S(=O)(=O)N1CCC[C@H](C(=O)Nc2ccc3c(c2)CCC3)C1. The van der Waals surface area contributed by atoms with Crippen LogP contribution in [0.3, 0.4) is 0 Å². The van der Waals surface area contributed by atoms with E-state index in [2.05, 4.69) is 16.5 Å². The Balaban J connectivity index is 1.48. The minimum atomic E-state index is -3.73. The van der Waals surface area contributed by atoms with E-state index in [1.54, 1.807) is 13.8 Å². The number of anilines is 1. The van der Waals surface area contributed by atoms with Crippen LogP contribution in [0.4, 0.5) is 5.69 Å². The molecule has 8 heteroatoms. The van der Waals surface area contributed by atoms with Gasteiger partial charge in [0.15, 0.2) is 5.76 Å². The molecule has 0 unspecified atom stereocenters. The van der Waals surface area contributed by atoms with Gasteiger partial charge in [-0.2, -0.15) is 4.31 Å². The van der Waals surface area contributed by atoms with E-state index >= 15 is 0 Å². The third-order valence-corrected chi connectivity index (χ3v) is 7.80. The molecule has 2 heterocycles. The van der Waals surface area contributed by atoms with Crippen LogP contribution >= 0.6 is 0 Å². The molecule has 7 nitrogen and oxygen atoms in total. The summed E-state index contributed by atoms with van der Waals surface area (Å²) in [6, 6.07) is 6.05. The number of sulfonamides is 1. The summed E-state index contributed by atoms with van der Waals surface area (Å²) in [5, 5.41) is 6.74. The van der Waals surface area contributed by atoms with Gasteiger partial charge in [-0.25, -0.2) is 8.42 Å². The number of hydrogen-bond acceptors (Lipinski definition) is 5. The monoisotopic (exact) mass is 403 g/mol. The molecule has 0 radical (unpaired) electrons. The molecule has 1 N–H and O–H groups in total. The van der Waals surface area contributed by atoms with Crippen molar-refractivity contribution < 1.29 is 17.7 Å². The number of hydrogen-bond donors (Lipinski definition) is 1. The van der Waals surface area contributed by atoms with E-state index < -0.39 is 10.0 Å². The van der Waals surface area contributed by atoms with E-state index in [4.69, 9.17) is 4.52 Å². The van der Waals surface area contributed by atoms with Crippen molar-refractivity contribution in [2.45, 2.75) is 50.8 Å². The van der Waals surface area contributed by atoms with Crippen molar-refractivity contribution in [3.8, 4) is 0 Å². The predicted molar refractivity (Wildman–Crippen MR) is 105 cm³/mol. The first-order valence-electron chi connectivity index (χ1n) is 9.72. The van der Waals surface area contributed by atoms with Gasteiger partial charge in [-0.1, -0.05) is 11.2 Å². The molecule has 1 aliphatic carbocycles. The zero-order valence-corrected chi connectivity index (χ0v) is 17.0. The van der Waals surface area contributed by atoms with Gasteiger partial charge >= 0.3 is 0 Å². The van der Waals surface area contributed by atoms with Gasteiger partial charge in [-0.05, 0) is 69.2 Å². The van der Waals surface area contributed by atoms with Crippen molar-refractivity contribution in [3.63, 3.8) is 0 Å². The number of piperidine rings is 1. The molecule has 0 spiro atoms. The van der Waals surface area contributed by atoms with Gasteiger partial charge in [-0.15, -0.1) is 0 Å². The molecule has 4 rings (SSSR count). The van der Waals surface area contributed by atoms with E-state index in [1.807, 2.05) is 12.1 Å². The first-order chi connectivity index (χ1) is 13.4. The Morgan fingerprint density at radius 3 is 2.75 bits per heavy atom. The number of carbonyl (C=O) groups excluding carboxylic acids is 1. The number of aryl methyl sites for hydroxylation is 4. The molecule has 1 saturated heterocycles. The lowest BCUT2D eigenvalue weighted by atomic mass is 9.98. The van der Waals surface area contributed by atoms with E-state index in [0.29, 0.717) is 25.1 Å². The minimum absolute atomic E-state index is 0.118. The third-order valence-electron chi connectivity index (χ3n) is 5.69. The van der Waals surface area contributed by atoms with Gasteiger partial charge in [0, 0.05) is 18.8 Å². The number of nitrogens with one attached hydrogen (secondary N) is 1. The van der Waals surface area contributed by atoms with Crippen LogP contribution < -0.4 is 5.32 Å². The highest BCUT2D eigenvalue weighted by atomic mass is 32.2. The largest absolute Gasteiger partial charge is 0.360 e. The average Bonchev–Trinajstić information content (AvgIpc) is 3.27. The summed E-state index contributed by atoms with van der Waals surface area (Å²) in [5.74, 6) is -0.226. The lowest BCUT2D eigenvalue weighted by Gasteiger charge is -2.31. The highest BCUT2D eigenvalue weighted by molar-refractivity contribution is 7.89. The standard InChI is InChI=1S/C20H25N3O4S/c1-13-19(14(2)27-22-13)28(25,26)23-10-4-7-17(12-23)20(24)21-18-9-8-15-5-3-6-16(15)11-18/h8-9,11,17H,3-7,10,12H2,1-2H3,(H,21,24)/t17-/m0/s1. The van der Waals surface area contributed by atoms with Crippen LogP contribution in [0, 0.1) is 19.8 Å². The van der Waals surface area contributed by atoms with Gasteiger partial charge in [0.05, 0.1) is 5.92 Å². The van der Waals surface area contributed by atoms with Crippen molar-refractivity contribution in [1.82, 2.24) is 9.46 Å². The number of amides is 1. The maximum Gasteiger partial charge on any atom is 0.248 e. The number of aromatic nitrogens is 1. The average molecular weight is 404 g/mol. The maximum atomic E-state index is 13.0. The van der Waals surface area contributed by atoms with Crippen molar-refractivity contribution in [2.75, 3.05) is 18.4 Å². The lowest BCUT2D eigenvalue weighted by molar-refractivity contribution is -0.120. The smallest absolute Gasteiger partial charge is 0.248 e. The highest BCUT2D eigenvalue weighted by Gasteiger charge is 2.36. The van der Waals surface area contributed by atoms with Crippen LogP contribution in [0.5, 0.6) is 0 Å². The van der Waals surface area contributed by atoms with Crippen molar-refractivity contribution in [3.05, 3.63) is 40.8 Å². The predicted octanol–water partition coefficient (Wildman–Crippen LogP) is 2.82. The zero-order valence-electron chi connectivity index (χ0n) is 16.2. The Hall–Kier alpha value is -2.19. The molecular formula is C20H25N3O4S. The molecule has 150 valence electrons. The van der Waals surface area contributed by atoms with Crippen LogP contribution in [0.25, 0.3) is 0 Å². The topological polar surface area (TPSA) is 92.5 Å². The number of carbonyl (C=O) groups is 1. The number of benzene rings is 1. The summed E-state index contributed by atoms with van der Waals surface area (Å²) < 4.78 is 32.5. The molecule has 0 saturated carbocycles. The fraction of sp³-hybridized carbons (Fsp3) is 0.500. The quantitative estimate of drug-likeness (QED) is 0.847. The number of fused-ring (bicyclic) bond motifs is 1. The molecule has 2 aromatic rings. The van der Waals surface area contributed by atoms with Gasteiger partial charge in [0.25, 0.3) is 0 Å². The Morgan fingerprint density at radius 2 is 2.00 bits per heavy atom. The fourth-order valence-corrected chi connectivity index (χ4v) is 6.06. The Bertz CT molecular complexity index is 993. The second kappa shape index (κ2) is 7.33. The Kier molecular flexibility index (Phi) is 5.01. The molecule has 0 bridgehead atoms. The Morgan fingerprint density at radius 1 is 1.21 bits per heavy atom. The minimum Gasteiger partial charge on any atom is -0.360 e. The Labute approximate surface area is 165 Å². The molecule has 1 amide bonds. The van der Waals surface area contributed by atoms with Gasteiger partial charge < -0.3 is 9.84 Å². The first-order valence-corrected chi connectivity index (χ1v) is 11.2. The first kappa shape index (κ1) is 19.1. The second-order valence-corrected chi connectivity index (χ2v) is 9.56.